The fourth-order valence-electron chi connectivity index (χ4n) is 3.57. The van der Waals surface area contributed by atoms with E-state index in [1.54, 1.807) is 10.8 Å². The zero-order valence-electron chi connectivity index (χ0n) is 14.1. The second-order valence-corrected chi connectivity index (χ2v) is 6.42. The van der Waals surface area contributed by atoms with Crippen LogP contribution in [0.3, 0.4) is 0 Å². The van der Waals surface area contributed by atoms with Crippen molar-refractivity contribution in [2.24, 2.45) is 0 Å². The Morgan fingerprint density at radius 2 is 1.50 bits per heavy atom. The Kier molecular flexibility index (Phi) is 3.44. The van der Waals surface area contributed by atoms with Crippen LogP contribution in [0.25, 0.3) is 16.4 Å². The molecule has 0 bridgehead atoms. The van der Waals surface area contributed by atoms with Gasteiger partial charge in [0.1, 0.15) is 12.1 Å². The van der Waals surface area contributed by atoms with Gasteiger partial charge in [-0.05, 0) is 24.3 Å². The first kappa shape index (κ1) is 15.1. The SMILES string of the molecule is Fc1ccc(N2CCN(c3nn4cnnc4c4ccccc34)CC2)cc1. The van der Waals surface area contributed by atoms with Gasteiger partial charge in [0.15, 0.2) is 11.5 Å². The van der Waals surface area contributed by atoms with Gasteiger partial charge in [0.05, 0.1) is 0 Å². The van der Waals surface area contributed by atoms with Gasteiger partial charge >= 0.3 is 0 Å². The van der Waals surface area contributed by atoms with Crippen LogP contribution >= 0.6 is 0 Å². The molecule has 0 N–H and O–H groups in total. The third-order valence-corrected chi connectivity index (χ3v) is 4.91. The normalized spacial score (nSPS) is 15.1. The van der Waals surface area contributed by atoms with Crippen molar-refractivity contribution in [3.05, 3.63) is 60.7 Å². The zero-order valence-corrected chi connectivity index (χ0v) is 14.1. The average molecular weight is 348 g/mol. The summed E-state index contributed by atoms with van der Waals surface area (Å²) in [5, 5.41) is 15.1. The maximum absolute atomic E-state index is 13.1. The van der Waals surface area contributed by atoms with Crippen molar-refractivity contribution >= 4 is 27.9 Å². The Hall–Kier alpha value is -3.22. The molecule has 0 saturated carbocycles. The molecule has 4 aromatic rings. The lowest BCUT2D eigenvalue weighted by atomic mass is 10.1. The molecule has 0 atom stereocenters. The number of halogens is 1. The second kappa shape index (κ2) is 5.94. The van der Waals surface area contributed by atoms with E-state index in [2.05, 4.69) is 32.1 Å². The molecule has 1 fully saturated rings. The van der Waals surface area contributed by atoms with E-state index in [4.69, 9.17) is 5.10 Å². The average Bonchev–Trinajstić information content (AvgIpc) is 3.17. The molecule has 7 heteroatoms. The van der Waals surface area contributed by atoms with E-state index in [9.17, 15) is 4.39 Å². The van der Waals surface area contributed by atoms with Crippen LogP contribution in [0.4, 0.5) is 15.9 Å². The highest BCUT2D eigenvalue weighted by atomic mass is 19.1. The van der Waals surface area contributed by atoms with Crippen molar-refractivity contribution in [2.45, 2.75) is 0 Å². The van der Waals surface area contributed by atoms with E-state index in [-0.39, 0.29) is 5.82 Å². The highest BCUT2D eigenvalue weighted by Crippen LogP contribution is 2.28. The molecule has 1 aliphatic rings. The number of piperazine rings is 1. The summed E-state index contributed by atoms with van der Waals surface area (Å²) in [6, 6.07) is 14.9. The third-order valence-electron chi connectivity index (χ3n) is 4.91. The standard InChI is InChI=1S/C19H17FN6/c20-14-5-7-15(8-6-14)24-9-11-25(12-10-24)19-17-4-2-1-3-16(17)18-22-21-13-26(18)23-19/h1-8,13H,9-12H2. The molecular weight excluding hydrogens is 331 g/mol. The summed E-state index contributed by atoms with van der Waals surface area (Å²) in [4.78, 5) is 4.57. The Bertz CT molecular complexity index is 1070. The zero-order chi connectivity index (χ0) is 17.5. The molecule has 5 rings (SSSR count). The lowest BCUT2D eigenvalue weighted by Crippen LogP contribution is -2.47. The quantitative estimate of drug-likeness (QED) is 0.557. The molecule has 0 unspecified atom stereocenters. The van der Waals surface area contributed by atoms with Crippen molar-refractivity contribution in [3.8, 4) is 0 Å². The smallest absolute Gasteiger partial charge is 0.185 e. The monoisotopic (exact) mass is 348 g/mol. The van der Waals surface area contributed by atoms with E-state index in [0.717, 1.165) is 54.1 Å². The van der Waals surface area contributed by atoms with Crippen molar-refractivity contribution in [1.29, 1.82) is 0 Å². The lowest BCUT2D eigenvalue weighted by Gasteiger charge is -2.37. The number of anilines is 2. The summed E-state index contributed by atoms with van der Waals surface area (Å²) < 4.78 is 14.9. The predicted molar refractivity (Wildman–Crippen MR) is 99.1 cm³/mol. The molecule has 6 nitrogen and oxygen atoms in total. The molecule has 2 aromatic heterocycles. The highest BCUT2D eigenvalue weighted by molar-refractivity contribution is 6.00. The lowest BCUT2D eigenvalue weighted by molar-refractivity contribution is 0.623. The van der Waals surface area contributed by atoms with Crippen LogP contribution in [0.15, 0.2) is 54.9 Å². The van der Waals surface area contributed by atoms with Crippen molar-refractivity contribution in [3.63, 3.8) is 0 Å². The van der Waals surface area contributed by atoms with Crippen molar-refractivity contribution in [2.75, 3.05) is 36.0 Å². The molecule has 0 aliphatic carbocycles. The van der Waals surface area contributed by atoms with Gasteiger partial charge in [-0.3, -0.25) is 0 Å². The van der Waals surface area contributed by atoms with Crippen LogP contribution in [-0.2, 0) is 0 Å². The van der Waals surface area contributed by atoms with Gasteiger partial charge in [0, 0.05) is 42.6 Å². The van der Waals surface area contributed by atoms with Gasteiger partial charge in [-0.1, -0.05) is 24.3 Å². The summed E-state index contributed by atoms with van der Waals surface area (Å²) in [6.07, 6.45) is 1.64. The summed E-state index contributed by atoms with van der Waals surface area (Å²) in [5.41, 5.74) is 1.83. The molecule has 0 spiro atoms. The Labute approximate surface area is 149 Å². The first-order valence-electron chi connectivity index (χ1n) is 8.64. The largest absolute Gasteiger partial charge is 0.368 e. The Morgan fingerprint density at radius 1 is 0.808 bits per heavy atom. The number of aromatic nitrogens is 4. The summed E-state index contributed by atoms with van der Waals surface area (Å²) in [7, 11) is 0. The van der Waals surface area contributed by atoms with E-state index in [1.165, 1.54) is 12.1 Å². The van der Waals surface area contributed by atoms with Crippen LogP contribution in [0.1, 0.15) is 0 Å². The molecule has 130 valence electrons. The summed E-state index contributed by atoms with van der Waals surface area (Å²) in [5.74, 6) is 0.747. The van der Waals surface area contributed by atoms with Gasteiger partial charge in [0.25, 0.3) is 0 Å². The van der Waals surface area contributed by atoms with Crippen molar-refractivity contribution in [1.82, 2.24) is 19.8 Å². The molecule has 0 amide bonds. The van der Waals surface area contributed by atoms with Gasteiger partial charge in [-0.25, -0.2) is 4.39 Å². The minimum atomic E-state index is -0.203. The van der Waals surface area contributed by atoms with Gasteiger partial charge < -0.3 is 9.80 Å². The maximum Gasteiger partial charge on any atom is 0.185 e. The number of fused-ring (bicyclic) bond motifs is 3. The van der Waals surface area contributed by atoms with Crippen LogP contribution < -0.4 is 9.80 Å². The van der Waals surface area contributed by atoms with Gasteiger partial charge in [-0.15, -0.1) is 15.3 Å². The van der Waals surface area contributed by atoms with E-state index in [0.29, 0.717) is 0 Å². The molecule has 26 heavy (non-hydrogen) atoms. The van der Waals surface area contributed by atoms with Crippen LogP contribution in [-0.4, -0.2) is 46.0 Å². The molecule has 1 aliphatic heterocycles. The molecule has 1 saturated heterocycles. The van der Waals surface area contributed by atoms with Gasteiger partial charge in [-0.2, -0.15) is 4.52 Å². The van der Waals surface area contributed by atoms with Crippen molar-refractivity contribution < 1.29 is 4.39 Å². The van der Waals surface area contributed by atoms with Crippen LogP contribution in [0.2, 0.25) is 0 Å². The minimum absolute atomic E-state index is 0.203. The fraction of sp³-hybridized carbons (Fsp3) is 0.211. The minimum Gasteiger partial charge on any atom is -0.368 e. The van der Waals surface area contributed by atoms with E-state index >= 15 is 0 Å². The third kappa shape index (κ3) is 2.44. The topological polar surface area (TPSA) is 49.6 Å². The molecule has 0 radical (unpaired) electrons. The first-order valence-corrected chi connectivity index (χ1v) is 8.64. The summed E-state index contributed by atoms with van der Waals surface area (Å²) >= 11 is 0. The Morgan fingerprint density at radius 3 is 2.27 bits per heavy atom. The van der Waals surface area contributed by atoms with Crippen LogP contribution in [0.5, 0.6) is 0 Å². The highest BCUT2D eigenvalue weighted by Gasteiger charge is 2.21. The molecular formula is C19H17FN6. The van der Waals surface area contributed by atoms with E-state index in [1.807, 2.05) is 24.3 Å². The van der Waals surface area contributed by atoms with Crippen LogP contribution in [0, 0.1) is 5.82 Å². The number of hydrogen-bond donors (Lipinski definition) is 0. The van der Waals surface area contributed by atoms with E-state index < -0.39 is 0 Å². The molecule has 3 heterocycles. The number of hydrogen-bond acceptors (Lipinski definition) is 5. The second-order valence-electron chi connectivity index (χ2n) is 6.42. The summed E-state index contributed by atoms with van der Waals surface area (Å²) in [6.45, 7) is 3.42. The number of rotatable bonds is 2. The molecule has 2 aromatic carbocycles. The number of benzene rings is 2. The van der Waals surface area contributed by atoms with Gasteiger partial charge in [0.2, 0.25) is 0 Å². The first-order chi connectivity index (χ1) is 12.8. The maximum atomic E-state index is 13.1. The number of nitrogens with zero attached hydrogens (tertiary/aromatic N) is 6. The predicted octanol–water partition coefficient (Wildman–Crippen LogP) is 2.74. The fourth-order valence-corrected chi connectivity index (χ4v) is 3.57. The Balaban J connectivity index is 1.46.